The number of alkyl halides is 2. The van der Waals surface area contributed by atoms with Gasteiger partial charge in [0.25, 0.3) is 0 Å². The van der Waals surface area contributed by atoms with Crippen LogP contribution < -0.4 is 10.6 Å². The van der Waals surface area contributed by atoms with Crippen LogP contribution >= 0.6 is 11.8 Å². The van der Waals surface area contributed by atoms with Gasteiger partial charge in [0.05, 0.1) is 0 Å². The van der Waals surface area contributed by atoms with E-state index in [1.165, 1.54) is 45.3 Å². The Morgan fingerprint density at radius 2 is 1.73 bits per heavy atom. The third-order valence-corrected chi connectivity index (χ3v) is 4.67. The molecule has 1 aromatic heterocycles. The minimum atomic E-state index is -2.85. The Kier molecular flexibility index (Phi) is 5.41. The first-order valence-electron chi connectivity index (χ1n) is 7.88. The molecule has 0 aliphatic carbocycles. The Morgan fingerprint density at radius 3 is 2.35 bits per heavy atom. The molecule has 26 heavy (non-hydrogen) atoms. The summed E-state index contributed by atoms with van der Waals surface area (Å²) < 4.78 is 30.2. The molecule has 0 radical (unpaired) electrons. The van der Waals surface area contributed by atoms with Crippen molar-refractivity contribution in [2.24, 2.45) is 0 Å². The van der Waals surface area contributed by atoms with Crippen LogP contribution in [0.5, 0.6) is 5.75 Å². The van der Waals surface area contributed by atoms with Crippen molar-refractivity contribution in [3.63, 3.8) is 0 Å². The lowest BCUT2D eigenvalue weighted by atomic mass is 10.1. The minimum absolute atomic E-state index is 0.0799. The number of hydrogen-bond acceptors (Lipinski definition) is 5. The van der Waals surface area contributed by atoms with Crippen molar-refractivity contribution in [2.45, 2.75) is 31.4 Å². The maximum Gasteiger partial charge on any atom is 0.387 e. The number of aromatic nitrogens is 3. The third-order valence-electron chi connectivity index (χ3n) is 3.65. The summed E-state index contributed by atoms with van der Waals surface area (Å²) in [7, 11) is 0. The van der Waals surface area contributed by atoms with E-state index in [4.69, 9.17) is 5.84 Å². The number of halogens is 2. The maximum absolute atomic E-state index is 12.2. The Labute approximate surface area is 154 Å². The highest BCUT2D eigenvalue weighted by Gasteiger charge is 2.13. The van der Waals surface area contributed by atoms with Crippen molar-refractivity contribution in [1.82, 2.24) is 14.9 Å². The molecule has 0 unspecified atom stereocenters. The lowest BCUT2D eigenvalue weighted by molar-refractivity contribution is -0.0498. The van der Waals surface area contributed by atoms with Gasteiger partial charge >= 0.3 is 6.61 Å². The Hall–Kier alpha value is -2.61. The number of hydrogen-bond donors (Lipinski definition) is 1. The topological polar surface area (TPSA) is 66.0 Å². The quantitative estimate of drug-likeness (QED) is 0.517. The average molecular weight is 376 g/mol. The van der Waals surface area contributed by atoms with Crippen LogP contribution in [0.25, 0.3) is 11.4 Å². The molecule has 0 fully saturated rings. The molecule has 0 aliphatic rings. The highest BCUT2D eigenvalue weighted by atomic mass is 32.2. The van der Waals surface area contributed by atoms with Gasteiger partial charge in [-0.2, -0.15) is 8.78 Å². The molecular formula is C18H18F2N4OS. The molecule has 2 N–H and O–H groups in total. The number of nitrogens with zero attached hydrogens (tertiary/aromatic N) is 3. The van der Waals surface area contributed by atoms with E-state index in [0.717, 1.165) is 5.75 Å². The van der Waals surface area contributed by atoms with Crippen LogP contribution in [-0.2, 0) is 5.75 Å². The summed E-state index contributed by atoms with van der Waals surface area (Å²) in [6.45, 7) is 1.27. The number of nitrogen functional groups attached to an aromatic ring is 1. The van der Waals surface area contributed by atoms with Gasteiger partial charge in [0.2, 0.25) is 5.16 Å². The number of aryl methyl sites for hydroxylation is 2. The normalized spacial score (nSPS) is 11.1. The summed E-state index contributed by atoms with van der Waals surface area (Å²) >= 11 is 1.49. The molecule has 0 saturated heterocycles. The van der Waals surface area contributed by atoms with Gasteiger partial charge < -0.3 is 10.6 Å². The van der Waals surface area contributed by atoms with Crippen LogP contribution in [0.15, 0.2) is 47.6 Å². The summed E-state index contributed by atoms with van der Waals surface area (Å²) in [5.74, 6) is 7.35. The van der Waals surface area contributed by atoms with Crippen LogP contribution in [0.4, 0.5) is 8.78 Å². The van der Waals surface area contributed by atoms with Gasteiger partial charge in [0, 0.05) is 11.3 Å². The molecule has 8 heteroatoms. The van der Waals surface area contributed by atoms with E-state index < -0.39 is 6.61 Å². The number of ether oxygens (including phenoxy) is 1. The van der Waals surface area contributed by atoms with Crippen molar-refractivity contribution in [1.29, 1.82) is 0 Å². The summed E-state index contributed by atoms with van der Waals surface area (Å²) in [6, 6.07) is 12.5. The molecule has 0 saturated carbocycles. The van der Waals surface area contributed by atoms with Gasteiger partial charge in [0.15, 0.2) is 5.82 Å². The van der Waals surface area contributed by atoms with Crippen molar-refractivity contribution < 1.29 is 13.5 Å². The van der Waals surface area contributed by atoms with Crippen molar-refractivity contribution in [3.8, 4) is 17.1 Å². The fourth-order valence-electron chi connectivity index (χ4n) is 2.66. The van der Waals surface area contributed by atoms with Gasteiger partial charge in [-0.1, -0.05) is 41.1 Å². The molecule has 136 valence electrons. The van der Waals surface area contributed by atoms with E-state index in [9.17, 15) is 8.78 Å². The first-order chi connectivity index (χ1) is 12.4. The monoisotopic (exact) mass is 376 g/mol. The zero-order chi connectivity index (χ0) is 18.7. The Bertz CT molecular complexity index is 876. The number of thioether (sulfide) groups is 1. The van der Waals surface area contributed by atoms with E-state index in [-0.39, 0.29) is 5.75 Å². The van der Waals surface area contributed by atoms with E-state index in [1.807, 2.05) is 0 Å². The molecule has 0 atom stereocenters. The highest BCUT2D eigenvalue weighted by Crippen LogP contribution is 2.26. The number of nitrogens with two attached hydrogens (primary N) is 1. The van der Waals surface area contributed by atoms with Gasteiger partial charge in [-0.05, 0) is 43.7 Å². The average Bonchev–Trinajstić information content (AvgIpc) is 2.93. The van der Waals surface area contributed by atoms with E-state index >= 15 is 0 Å². The van der Waals surface area contributed by atoms with Gasteiger partial charge in [-0.25, -0.2) is 4.68 Å². The molecule has 0 amide bonds. The number of benzene rings is 2. The smallest absolute Gasteiger partial charge is 0.387 e. The fourth-order valence-corrected chi connectivity index (χ4v) is 3.44. The van der Waals surface area contributed by atoms with Gasteiger partial charge in [-0.3, -0.25) is 0 Å². The molecular weight excluding hydrogens is 358 g/mol. The minimum Gasteiger partial charge on any atom is -0.435 e. The molecule has 3 rings (SSSR count). The van der Waals surface area contributed by atoms with Gasteiger partial charge in [-0.15, -0.1) is 10.2 Å². The molecule has 3 aromatic rings. The predicted octanol–water partition coefficient (Wildman–Crippen LogP) is 4.17. The van der Waals surface area contributed by atoms with Crippen LogP contribution in [0.1, 0.15) is 16.7 Å². The van der Waals surface area contributed by atoms with Crippen LogP contribution in [0, 0.1) is 13.8 Å². The van der Waals surface area contributed by atoms with Crippen molar-refractivity contribution >= 4 is 11.8 Å². The molecule has 1 heterocycles. The molecule has 0 bridgehead atoms. The zero-order valence-corrected chi connectivity index (χ0v) is 15.1. The fraction of sp³-hybridized carbons (Fsp3) is 0.222. The maximum atomic E-state index is 12.2. The van der Waals surface area contributed by atoms with Crippen LogP contribution in [-0.4, -0.2) is 21.5 Å². The first kappa shape index (κ1) is 18.2. The van der Waals surface area contributed by atoms with Crippen LogP contribution in [0.3, 0.4) is 0 Å². The summed E-state index contributed by atoms with van der Waals surface area (Å²) in [5, 5.41) is 8.80. The third kappa shape index (κ3) is 4.32. The highest BCUT2D eigenvalue weighted by molar-refractivity contribution is 7.98. The van der Waals surface area contributed by atoms with Gasteiger partial charge in [0.1, 0.15) is 5.75 Å². The van der Waals surface area contributed by atoms with E-state index in [2.05, 4.69) is 47.0 Å². The second-order valence-corrected chi connectivity index (χ2v) is 6.81. The largest absolute Gasteiger partial charge is 0.435 e. The predicted molar refractivity (Wildman–Crippen MR) is 97.7 cm³/mol. The second-order valence-electron chi connectivity index (χ2n) is 5.86. The summed E-state index contributed by atoms with van der Waals surface area (Å²) in [4.78, 5) is 0. The SMILES string of the molecule is Cc1cc(C)cc(CSc2nnc(-c3ccc(OC(F)F)cc3)n2N)c1. The lowest BCUT2D eigenvalue weighted by Gasteiger charge is -2.07. The second kappa shape index (κ2) is 7.74. The molecule has 2 aromatic carbocycles. The number of rotatable bonds is 6. The Balaban J connectivity index is 1.73. The molecule has 0 aliphatic heterocycles. The standard InChI is InChI=1S/C18H18F2N4OS/c1-11-7-12(2)9-13(8-11)10-26-18-23-22-16(24(18)21)14-3-5-15(6-4-14)25-17(19)20/h3-9,17H,10,21H2,1-2H3. The van der Waals surface area contributed by atoms with Crippen LogP contribution in [0.2, 0.25) is 0 Å². The van der Waals surface area contributed by atoms with E-state index in [0.29, 0.717) is 16.5 Å². The summed E-state index contributed by atoms with van der Waals surface area (Å²) in [5.41, 5.74) is 4.27. The lowest BCUT2D eigenvalue weighted by Crippen LogP contribution is -2.11. The summed E-state index contributed by atoms with van der Waals surface area (Å²) in [6.07, 6.45) is 0. The first-order valence-corrected chi connectivity index (χ1v) is 8.86. The molecule has 0 spiro atoms. The Morgan fingerprint density at radius 1 is 1.08 bits per heavy atom. The van der Waals surface area contributed by atoms with Crippen molar-refractivity contribution in [3.05, 3.63) is 59.2 Å². The van der Waals surface area contributed by atoms with Crippen molar-refractivity contribution in [2.75, 3.05) is 5.84 Å². The zero-order valence-electron chi connectivity index (χ0n) is 14.3. The van der Waals surface area contributed by atoms with E-state index in [1.54, 1.807) is 12.1 Å². The molecule has 5 nitrogen and oxygen atoms in total.